The summed E-state index contributed by atoms with van der Waals surface area (Å²) in [5.74, 6) is -0.957. The van der Waals surface area contributed by atoms with Crippen molar-refractivity contribution >= 4 is 11.6 Å². The summed E-state index contributed by atoms with van der Waals surface area (Å²) >= 11 is 0. The molecule has 31 heavy (non-hydrogen) atoms. The van der Waals surface area contributed by atoms with E-state index in [1.54, 1.807) is 36.4 Å². The van der Waals surface area contributed by atoms with Gasteiger partial charge in [-0.2, -0.15) is 0 Å². The summed E-state index contributed by atoms with van der Waals surface area (Å²) in [6.45, 7) is 3.37. The molecule has 1 saturated heterocycles. The van der Waals surface area contributed by atoms with Gasteiger partial charge in [-0.3, -0.25) is 19.4 Å². The number of nitrogens with zero attached hydrogens (tertiary/aromatic N) is 2. The van der Waals surface area contributed by atoms with Crippen molar-refractivity contribution in [3.05, 3.63) is 107 Å². The van der Waals surface area contributed by atoms with Crippen LogP contribution in [0.2, 0.25) is 0 Å². The molecule has 0 atom stereocenters. The minimum Gasteiger partial charge on any atom is -0.297 e. The van der Waals surface area contributed by atoms with Gasteiger partial charge in [0.25, 0.3) is 0 Å². The molecule has 156 valence electrons. The lowest BCUT2D eigenvalue weighted by atomic mass is 9.82. The van der Waals surface area contributed by atoms with Gasteiger partial charge in [0.15, 0.2) is 17.1 Å². The van der Waals surface area contributed by atoms with Gasteiger partial charge in [0.2, 0.25) is 0 Å². The number of carbonyl (C=O) groups is 2. The fourth-order valence-corrected chi connectivity index (χ4v) is 4.90. The minimum atomic E-state index is -1.50. The van der Waals surface area contributed by atoms with Crippen LogP contribution in [0.25, 0.3) is 0 Å². The van der Waals surface area contributed by atoms with Gasteiger partial charge < -0.3 is 0 Å². The Hall–Kier alpha value is -3.15. The van der Waals surface area contributed by atoms with E-state index in [4.69, 9.17) is 0 Å². The third-order valence-electron chi connectivity index (χ3n) is 6.41. The van der Waals surface area contributed by atoms with Crippen LogP contribution in [-0.2, 0) is 12.1 Å². The van der Waals surface area contributed by atoms with Crippen molar-refractivity contribution in [2.24, 2.45) is 0 Å². The number of carbonyl (C=O) groups excluding carboxylic acids is 2. The second kappa shape index (κ2) is 7.84. The van der Waals surface area contributed by atoms with Crippen LogP contribution in [0.15, 0.2) is 78.9 Å². The molecule has 1 fully saturated rings. The van der Waals surface area contributed by atoms with Gasteiger partial charge in [-0.05, 0) is 23.3 Å². The molecule has 0 bridgehead atoms. The van der Waals surface area contributed by atoms with Crippen molar-refractivity contribution in [2.75, 3.05) is 26.2 Å². The highest BCUT2D eigenvalue weighted by Gasteiger charge is 2.58. The lowest BCUT2D eigenvalue weighted by Crippen LogP contribution is -2.60. The Morgan fingerprint density at radius 3 is 1.97 bits per heavy atom. The number of hydrogen-bond donors (Lipinski definition) is 0. The van der Waals surface area contributed by atoms with E-state index in [1.165, 1.54) is 17.7 Å². The topological polar surface area (TPSA) is 40.6 Å². The lowest BCUT2D eigenvalue weighted by Gasteiger charge is -2.44. The van der Waals surface area contributed by atoms with Gasteiger partial charge in [-0.1, -0.05) is 66.7 Å². The largest absolute Gasteiger partial charge is 0.297 e. The molecule has 4 nitrogen and oxygen atoms in total. The standard InChI is InChI=1S/C26H23FN2O2/c27-21-10-6-9-20(17-21)26(24(30)22-11-4-5-12-23(22)25(26)31)29-15-13-28(14-16-29)18-19-7-2-1-3-8-19/h1-12,17H,13-16,18H2. The zero-order chi connectivity index (χ0) is 21.4. The quantitative estimate of drug-likeness (QED) is 0.607. The number of rotatable bonds is 4. The molecule has 0 unspecified atom stereocenters. The first-order valence-electron chi connectivity index (χ1n) is 10.6. The van der Waals surface area contributed by atoms with E-state index >= 15 is 0 Å². The molecule has 1 heterocycles. The second-order valence-electron chi connectivity index (χ2n) is 8.17. The van der Waals surface area contributed by atoms with Crippen molar-refractivity contribution in [1.82, 2.24) is 9.80 Å². The summed E-state index contributed by atoms with van der Waals surface area (Å²) in [4.78, 5) is 31.7. The summed E-state index contributed by atoms with van der Waals surface area (Å²) in [5, 5.41) is 0. The molecule has 3 aromatic carbocycles. The van der Waals surface area contributed by atoms with Crippen molar-refractivity contribution in [2.45, 2.75) is 12.1 Å². The molecule has 2 aliphatic rings. The van der Waals surface area contributed by atoms with E-state index in [9.17, 15) is 14.0 Å². The highest BCUT2D eigenvalue weighted by molar-refractivity contribution is 6.32. The molecule has 0 amide bonds. The van der Waals surface area contributed by atoms with Crippen LogP contribution in [0.5, 0.6) is 0 Å². The Bertz CT molecular complexity index is 1100. The van der Waals surface area contributed by atoms with Crippen molar-refractivity contribution in [3.63, 3.8) is 0 Å². The number of Topliss-reactive ketones (excluding diaryl/α,β-unsaturated/α-hetero) is 2. The molecule has 0 radical (unpaired) electrons. The smallest absolute Gasteiger partial charge is 0.196 e. The molecule has 0 N–H and O–H groups in total. The number of fused-ring (bicyclic) bond motifs is 1. The number of ketones is 2. The summed E-state index contributed by atoms with van der Waals surface area (Å²) in [6.07, 6.45) is 0. The number of hydrogen-bond acceptors (Lipinski definition) is 4. The van der Waals surface area contributed by atoms with Crippen LogP contribution in [0, 0.1) is 5.82 Å². The van der Waals surface area contributed by atoms with E-state index in [0.29, 0.717) is 29.8 Å². The van der Waals surface area contributed by atoms with Gasteiger partial charge in [-0.25, -0.2) is 4.39 Å². The van der Waals surface area contributed by atoms with Crippen LogP contribution in [-0.4, -0.2) is 47.5 Å². The maximum atomic E-state index is 14.2. The van der Waals surface area contributed by atoms with Crippen LogP contribution < -0.4 is 0 Å². The summed E-state index contributed by atoms with van der Waals surface area (Å²) in [6, 6.07) is 23.1. The first-order valence-corrected chi connectivity index (χ1v) is 10.6. The average Bonchev–Trinajstić information content (AvgIpc) is 3.03. The highest BCUT2D eigenvalue weighted by atomic mass is 19.1. The molecule has 1 aliphatic carbocycles. The molecule has 0 saturated carbocycles. The third kappa shape index (κ3) is 3.21. The van der Waals surface area contributed by atoms with E-state index in [1.807, 2.05) is 23.1 Å². The fourth-order valence-electron chi connectivity index (χ4n) is 4.90. The van der Waals surface area contributed by atoms with Gasteiger partial charge in [0.1, 0.15) is 5.82 Å². The van der Waals surface area contributed by atoms with Crippen LogP contribution in [0.1, 0.15) is 31.8 Å². The van der Waals surface area contributed by atoms with E-state index in [2.05, 4.69) is 17.0 Å². The predicted molar refractivity (Wildman–Crippen MR) is 116 cm³/mol. The van der Waals surface area contributed by atoms with Crippen molar-refractivity contribution in [3.8, 4) is 0 Å². The summed E-state index contributed by atoms with van der Waals surface area (Å²) in [5.41, 5.74) is 0.989. The summed E-state index contributed by atoms with van der Waals surface area (Å²) in [7, 11) is 0. The molecular weight excluding hydrogens is 391 g/mol. The molecule has 5 rings (SSSR count). The molecule has 1 aliphatic heterocycles. The van der Waals surface area contributed by atoms with Crippen molar-refractivity contribution < 1.29 is 14.0 Å². The third-order valence-corrected chi connectivity index (χ3v) is 6.41. The van der Waals surface area contributed by atoms with Crippen molar-refractivity contribution in [1.29, 1.82) is 0 Å². The zero-order valence-corrected chi connectivity index (χ0v) is 17.1. The first-order chi connectivity index (χ1) is 15.1. The van der Waals surface area contributed by atoms with E-state index < -0.39 is 11.4 Å². The Labute approximate surface area is 180 Å². The first kappa shape index (κ1) is 19.8. The van der Waals surface area contributed by atoms with E-state index in [0.717, 1.165) is 19.6 Å². The average molecular weight is 414 g/mol. The Morgan fingerprint density at radius 2 is 1.35 bits per heavy atom. The molecular formula is C26H23FN2O2. The lowest BCUT2D eigenvalue weighted by molar-refractivity contribution is 0.0278. The number of piperazine rings is 1. The van der Waals surface area contributed by atoms with Crippen LogP contribution >= 0.6 is 0 Å². The normalized spacial score (nSPS) is 18.9. The highest BCUT2D eigenvalue weighted by Crippen LogP contribution is 2.43. The molecule has 0 spiro atoms. The van der Waals surface area contributed by atoms with Crippen LogP contribution in [0.3, 0.4) is 0 Å². The maximum absolute atomic E-state index is 14.2. The Kier molecular flexibility index (Phi) is 5.00. The van der Waals surface area contributed by atoms with Gasteiger partial charge in [0, 0.05) is 43.9 Å². The number of benzene rings is 3. The van der Waals surface area contributed by atoms with E-state index in [-0.39, 0.29) is 11.6 Å². The fraction of sp³-hybridized carbons (Fsp3) is 0.231. The van der Waals surface area contributed by atoms with Gasteiger partial charge >= 0.3 is 0 Å². The molecule has 5 heteroatoms. The molecule has 3 aromatic rings. The van der Waals surface area contributed by atoms with Gasteiger partial charge in [-0.15, -0.1) is 0 Å². The SMILES string of the molecule is O=C1c2ccccc2C(=O)C1(c1cccc(F)c1)N1CCN(Cc2ccccc2)CC1. The zero-order valence-electron chi connectivity index (χ0n) is 17.1. The Morgan fingerprint density at radius 1 is 0.742 bits per heavy atom. The van der Waals surface area contributed by atoms with Gasteiger partial charge in [0.05, 0.1) is 0 Å². The number of halogens is 1. The predicted octanol–water partition coefficient (Wildman–Crippen LogP) is 3.92. The Balaban J connectivity index is 1.49. The second-order valence-corrected chi connectivity index (χ2v) is 8.17. The minimum absolute atomic E-state index is 0.254. The maximum Gasteiger partial charge on any atom is 0.196 e. The molecule has 0 aromatic heterocycles. The monoisotopic (exact) mass is 414 g/mol. The summed E-state index contributed by atoms with van der Waals surface area (Å²) < 4.78 is 14.2. The van der Waals surface area contributed by atoms with Crippen LogP contribution in [0.4, 0.5) is 4.39 Å².